The topological polar surface area (TPSA) is 79.8 Å². The minimum Gasteiger partial charge on any atom is -0.379 e. The molecule has 0 fully saturated rings. The van der Waals surface area contributed by atoms with Gasteiger partial charge in [0.25, 0.3) is 0 Å². The van der Waals surface area contributed by atoms with Gasteiger partial charge in [0.05, 0.1) is 18.4 Å². The molecule has 26 heavy (non-hydrogen) atoms. The number of nitrogens with zero attached hydrogens (tertiary/aromatic N) is 1. The van der Waals surface area contributed by atoms with E-state index in [-0.39, 0.29) is 18.4 Å². The SMILES string of the molecule is CCNC(=NCc1cc(F)ccc1CS(C)(=O)=O)NCCCOC(C)C. The highest BCUT2D eigenvalue weighted by atomic mass is 32.2. The van der Waals surface area contributed by atoms with Gasteiger partial charge < -0.3 is 15.4 Å². The summed E-state index contributed by atoms with van der Waals surface area (Å²) in [5.41, 5.74) is 1.13. The molecule has 0 unspecified atom stereocenters. The van der Waals surface area contributed by atoms with Crippen molar-refractivity contribution in [1.29, 1.82) is 0 Å². The molecular formula is C18H30FN3O3S. The van der Waals surface area contributed by atoms with E-state index in [4.69, 9.17) is 4.74 Å². The predicted octanol–water partition coefficient (Wildman–Crippen LogP) is 2.24. The second kappa shape index (κ2) is 11.1. The molecule has 0 heterocycles. The molecule has 0 aliphatic carbocycles. The number of nitrogens with one attached hydrogen (secondary N) is 2. The third kappa shape index (κ3) is 9.72. The number of aliphatic imine (C=N–C) groups is 1. The van der Waals surface area contributed by atoms with E-state index in [2.05, 4.69) is 15.6 Å². The zero-order valence-electron chi connectivity index (χ0n) is 16.0. The van der Waals surface area contributed by atoms with Crippen LogP contribution in [0.3, 0.4) is 0 Å². The number of ether oxygens (including phenoxy) is 1. The Morgan fingerprint density at radius 2 is 2.00 bits per heavy atom. The van der Waals surface area contributed by atoms with Crippen LogP contribution in [-0.4, -0.2) is 46.4 Å². The quantitative estimate of drug-likeness (QED) is 0.366. The van der Waals surface area contributed by atoms with Crippen LogP contribution < -0.4 is 10.6 Å². The maximum atomic E-state index is 13.6. The van der Waals surface area contributed by atoms with E-state index in [0.29, 0.717) is 36.8 Å². The Morgan fingerprint density at radius 1 is 1.27 bits per heavy atom. The Morgan fingerprint density at radius 3 is 2.62 bits per heavy atom. The lowest BCUT2D eigenvalue weighted by Gasteiger charge is -2.13. The molecule has 0 aromatic heterocycles. The molecule has 8 heteroatoms. The van der Waals surface area contributed by atoms with Gasteiger partial charge in [-0.05, 0) is 50.5 Å². The average molecular weight is 388 g/mol. The first-order valence-corrected chi connectivity index (χ1v) is 10.9. The Hall–Kier alpha value is -1.67. The van der Waals surface area contributed by atoms with Gasteiger partial charge >= 0.3 is 0 Å². The molecule has 0 amide bonds. The monoisotopic (exact) mass is 387 g/mol. The van der Waals surface area contributed by atoms with Crippen molar-refractivity contribution < 1.29 is 17.5 Å². The summed E-state index contributed by atoms with van der Waals surface area (Å²) in [5.74, 6) is 0.0668. The zero-order valence-corrected chi connectivity index (χ0v) is 16.8. The van der Waals surface area contributed by atoms with Crippen LogP contribution in [0.1, 0.15) is 38.3 Å². The van der Waals surface area contributed by atoms with E-state index in [1.807, 2.05) is 20.8 Å². The van der Waals surface area contributed by atoms with Crippen molar-refractivity contribution in [3.63, 3.8) is 0 Å². The largest absolute Gasteiger partial charge is 0.379 e. The van der Waals surface area contributed by atoms with Crippen molar-refractivity contribution in [3.8, 4) is 0 Å². The summed E-state index contributed by atoms with van der Waals surface area (Å²) in [7, 11) is -3.20. The molecule has 0 aliphatic rings. The summed E-state index contributed by atoms with van der Waals surface area (Å²) < 4.78 is 42.2. The second-order valence-electron chi connectivity index (χ2n) is 6.38. The molecule has 148 valence electrons. The van der Waals surface area contributed by atoms with Crippen LogP contribution in [0.2, 0.25) is 0 Å². The maximum Gasteiger partial charge on any atom is 0.191 e. The lowest BCUT2D eigenvalue weighted by atomic mass is 10.1. The molecule has 6 nitrogen and oxygen atoms in total. The van der Waals surface area contributed by atoms with E-state index in [1.54, 1.807) is 0 Å². The Labute approximate surface area is 156 Å². The molecule has 1 aromatic rings. The summed E-state index contributed by atoms with van der Waals surface area (Å²) in [5, 5.41) is 6.31. The fourth-order valence-corrected chi connectivity index (χ4v) is 3.12. The van der Waals surface area contributed by atoms with Crippen molar-refractivity contribution in [2.45, 2.75) is 45.6 Å². The van der Waals surface area contributed by atoms with Crippen molar-refractivity contribution in [2.24, 2.45) is 4.99 Å². The molecule has 0 saturated carbocycles. The van der Waals surface area contributed by atoms with Gasteiger partial charge in [0.2, 0.25) is 0 Å². The van der Waals surface area contributed by atoms with Crippen molar-refractivity contribution >= 4 is 15.8 Å². The summed E-state index contributed by atoms with van der Waals surface area (Å²) >= 11 is 0. The molecule has 0 bridgehead atoms. The predicted molar refractivity (Wildman–Crippen MR) is 103 cm³/mol. The molecule has 0 saturated heterocycles. The number of halogens is 1. The van der Waals surface area contributed by atoms with Crippen LogP contribution >= 0.6 is 0 Å². The standard InChI is InChI=1S/C18H30FN3O3S/c1-5-20-18(21-9-6-10-25-14(2)3)22-12-16-11-17(19)8-7-15(16)13-26(4,23)24/h7-8,11,14H,5-6,9-10,12-13H2,1-4H3,(H2,20,21,22). The first kappa shape index (κ1) is 22.4. The minimum atomic E-state index is -3.20. The number of hydrogen-bond acceptors (Lipinski definition) is 4. The van der Waals surface area contributed by atoms with Crippen LogP contribution in [0.25, 0.3) is 0 Å². The molecule has 1 rings (SSSR count). The second-order valence-corrected chi connectivity index (χ2v) is 8.52. The Bertz CT molecular complexity index is 691. The summed E-state index contributed by atoms with van der Waals surface area (Å²) in [4.78, 5) is 4.44. The van der Waals surface area contributed by atoms with Crippen molar-refractivity contribution in [3.05, 3.63) is 35.1 Å². The lowest BCUT2D eigenvalue weighted by molar-refractivity contribution is 0.0776. The highest BCUT2D eigenvalue weighted by Gasteiger charge is 2.10. The third-order valence-electron chi connectivity index (χ3n) is 3.40. The summed E-state index contributed by atoms with van der Waals surface area (Å²) in [6.45, 7) is 8.17. The summed E-state index contributed by atoms with van der Waals surface area (Å²) in [6.07, 6.45) is 2.20. The number of guanidine groups is 1. The van der Waals surface area contributed by atoms with Crippen LogP contribution in [0.4, 0.5) is 4.39 Å². The van der Waals surface area contributed by atoms with Crippen molar-refractivity contribution in [1.82, 2.24) is 10.6 Å². The van der Waals surface area contributed by atoms with Gasteiger partial charge in [-0.2, -0.15) is 0 Å². The Kier molecular flexibility index (Phi) is 9.58. The highest BCUT2D eigenvalue weighted by Crippen LogP contribution is 2.15. The van der Waals surface area contributed by atoms with Gasteiger partial charge in [0.1, 0.15) is 5.82 Å². The van der Waals surface area contributed by atoms with Crippen molar-refractivity contribution in [2.75, 3.05) is 26.0 Å². The molecular weight excluding hydrogens is 357 g/mol. The smallest absolute Gasteiger partial charge is 0.191 e. The molecule has 0 aliphatic heterocycles. The Balaban J connectivity index is 2.74. The van der Waals surface area contributed by atoms with Gasteiger partial charge in [-0.3, -0.25) is 0 Å². The maximum absolute atomic E-state index is 13.6. The van der Waals surface area contributed by atoms with Gasteiger partial charge in [0.15, 0.2) is 15.8 Å². The normalized spacial score (nSPS) is 12.5. The first-order valence-electron chi connectivity index (χ1n) is 8.80. The number of benzene rings is 1. The van der Waals surface area contributed by atoms with E-state index in [1.165, 1.54) is 18.2 Å². The van der Waals surface area contributed by atoms with Gasteiger partial charge in [0, 0.05) is 26.0 Å². The molecule has 2 N–H and O–H groups in total. The molecule has 0 atom stereocenters. The summed E-state index contributed by atoms with van der Waals surface area (Å²) in [6, 6.07) is 4.11. The van der Waals surface area contributed by atoms with E-state index < -0.39 is 15.7 Å². The van der Waals surface area contributed by atoms with Crippen LogP contribution in [0.5, 0.6) is 0 Å². The van der Waals surface area contributed by atoms with Gasteiger partial charge in [-0.1, -0.05) is 6.07 Å². The number of sulfone groups is 1. The molecule has 1 aromatic carbocycles. The molecule has 0 radical (unpaired) electrons. The number of hydrogen-bond donors (Lipinski definition) is 2. The van der Waals surface area contributed by atoms with E-state index in [0.717, 1.165) is 12.7 Å². The highest BCUT2D eigenvalue weighted by molar-refractivity contribution is 7.89. The molecule has 0 spiro atoms. The van der Waals surface area contributed by atoms with E-state index in [9.17, 15) is 12.8 Å². The fraction of sp³-hybridized carbons (Fsp3) is 0.611. The van der Waals surface area contributed by atoms with Crippen LogP contribution in [0.15, 0.2) is 23.2 Å². The lowest BCUT2D eigenvalue weighted by Crippen LogP contribution is -2.38. The van der Waals surface area contributed by atoms with Crippen LogP contribution in [-0.2, 0) is 26.9 Å². The average Bonchev–Trinajstić information content (AvgIpc) is 2.52. The van der Waals surface area contributed by atoms with Gasteiger partial charge in [-0.15, -0.1) is 0 Å². The van der Waals surface area contributed by atoms with E-state index >= 15 is 0 Å². The fourth-order valence-electron chi connectivity index (χ4n) is 2.27. The zero-order chi connectivity index (χ0) is 19.6. The van der Waals surface area contributed by atoms with Gasteiger partial charge in [-0.25, -0.2) is 17.8 Å². The third-order valence-corrected chi connectivity index (χ3v) is 4.24. The minimum absolute atomic E-state index is 0.130. The van der Waals surface area contributed by atoms with Crippen LogP contribution in [0, 0.1) is 5.82 Å². The first-order chi connectivity index (χ1) is 12.2. The number of rotatable bonds is 10.